The molecule has 2 aromatic carbocycles. The summed E-state index contributed by atoms with van der Waals surface area (Å²) in [5, 5.41) is 7.83. The van der Waals surface area contributed by atoms with Crippen molar-refractivity contribution < 1.29 is 8.78 Å². The second-order valence-electron chi connectivity index (χ2n) is 5.38. The summed E-state index contributed by atoms with van der Waals surface area (Å²) >= 11 is 0. The molecule has 0 bridgehead atoms. The summed E-state index contributed by atoms with van der Waals surface area (Å²) in [5.41, 5.74) is 3.43. The Bertz CT molecular complexity index is 996. The van der Waals surface area contributed by atoms with Crippen LogP contribution in [0.3, 0.4) is 0 Å². The Kier molecular flexibility index (Phi) is 2.97. The van der Waals surface area contributed by atoms with Crippen molar-refractivity contribution in [3.05, 3.63) is 60.1 Å². The lowest BCUT2D eigenvalue weighted by Crippen LogP contribution is -1.87. The summed E-state index contributed by atoms with van der Waals surface area (Å²) in [4.78, 5) is 7.56. The van der Waals surface area contributed by atoms with Gasteiger partial charge in [-0.2, -0.15) is 5.10 Å². The van der Waals surface area contributed by atoms with Crippen LogP contribution in [0.5, 0.6) is 0 Å². The first kappa shape index (κ1) is 13.6. The van der Waals surface area contributed by atoms with Crippen LogP contribution in [0.25, 0.3) is 33.4 Å². The Morgan fingerprint density at radius 3 is 2.52 bits per heavy atom. The number of H-pyrrole nitrogens is 2. The number of rotatable bonds is 2. The van der Waals surface area contributed by atoms with Gasteiger partial charge in [0, 0.05) is 22.6 Å². The molecule has 4 nitrogen and oxygen atoms in total. The highest BCUT2D eigenvalue weighted by Gasteiger charge is 2.15. The summed E-state index contributed by atoms with van der Waals surface area (Å²) in [6, 6.07) is 9.17. The summed E-state index contributed by atoms with van der Waals surface area (Å²) in [7, 11) is 0. The minimum Gasteiger partial charge on any atom is -0.342 e. The Hall–Kier alpha value is -3.02. The minimum atomic E-state index is -0.628. The zero-order valence-electron chi connectivity index (χ0n) is 12.2. The van der Waals surface area contributed by atoms with Crippen molar-refractivity contribution in [2.45, 2.75) is 6.92 Å². The van der Waals surface area contributed by atoms with E-state index in [1.54, 1.807) is 13.1 Å². The number of fused-ring (bicyclic) bond motifs is 1. The van der Waals surface area contributed by atoms with E-state index in [2.05, 4.69) is 20.2 Å². The normalized spacial score (nSPS) is 11.3. The van der Waals surface area contributed by atoms with E-state index in [9.17, 15) is 8.78 Å². The minimum absolute atomic E-state index is 0.397. The molecule has 2 aromatic heterocycles. The van der Waals surface area contributed by atoms with Gasteiger partial charge in [0.1, 0.15) is 17.5 Å². The van der Waals surface area contributed by atoms with Crippen molar-refractivity contribution >= 4 is 10.9 Å². The van der Waals surface area contributed by atoms with E-state index in [0.29, 0.717) is 17.1 Å². The van der Waals surface area contributed by atoms with Gasteiger partial charge in [-0.25, -0.2) is 13.8 Å². The molecule has 23 heavy (non-hydrogen) atoms. The molecule has 0 unspecified atom stereocenters. The molecule has 0 atom stereocenters. The molecule has 0 saturated carbocycles. The number of aromatic nitrogens is 4. The second kappa shape index (κ2) is 5.01. The molecular formula is C17H12F2N4. The van der Waals surface area contributed by atoms with Crippen LogP contribution >= 0.6 is 0 Å². The molecule has 4 aromatic rings. The van der Waals surface area contributed by atoms with E-state index in [-0.39, 0.29) is 0 Å². The lowest BCUT2D eigenvalue weighted by atomic mass is 10.0. The first-order chi connectivity index (χ1) is 11.1. The number of nitrogens with one attached hydrogen (secondary N) is 2. The first-order valence-electron chi connectivity index (χ1n) is 7.07. The topological polar surface area (TPSA) is 57.4 Å². The Morgan fingerprint density at radius 2 is 1.74 bits per heavy atom. The van der Waals surface area contributed by atoms with Crippen LogP contribution in [0.4, 0.5) is 8.78 Å². The van der Waals surface area contributed by atoms with E-state index < -0.39 is 11.6 Å². The third-order valence-electron chi connectivity index (χ3n) is 3.69. The van der Waals surface area contributed by atoms with E-state index >= 15 is 0 Å². The molecule has 2 N–H and O–H groups in total. The average molecular weight is 310 g/mol. The smallest absolute Gasteiger partial charge is 0.126 e. The SMILES string of the molecule is Cc1nc(-c2cc(F)cc(F)c2)c(-c2ccc3[nH]ncc3c2)[nH]1. The maximum atomic E-state index is 13.5. The van der Waals surface area contributed by atoms with Crippen molar-refractivity contribution in [2.24, 2.45) is 0 Å². The highest BCUT2D eigenvalue weighted by molar-refractivity contribution is 5.87. The van der Waals surface area contributed by atoms with Crippen molar-refractivity contribution in [2.75, 3.05) is 0 Å². The molecule has 0 amide bonds. The number of aryl methyl sites for hydroxylation is 1. The van der Waals surface area contributed by atoms with Crippen LogP contribution in [-0.2, 0) is 0 Å². The Morgan fingerprint density at radius 1 is 0.957 bits per heavy atom. The van der Waals surface area contributed by atoms with E-state index in [1.807, 2.05) is 18.2 Å². The number of halogens is 2. The van der Waals surface area contributed by atoms with Crippen molar-refractivity contribution in [3.63, 3.8) is 0 Å². The summed E-state index contributed by atoms with van der Waals surface area (Å²) < 4.78 is 27.1. The van der Waals surface area contributed by atoms with Crippen LogP contribution < -0.4 is 0 Å². The fraction of sp³-hybridized carbons (Fsp3) is 0.0588. The third-order valence-corrected chi connectivity index (χ3v) is 3.69. The van der Waals surface area contributed by atoms with Crippen LogP contribution in [0.2, 0.25) is 0 Å². The first-order valence-corrected chi connectivity index (χ1v) is 7.07. The molecule has 0 saturated heterocycles. The summed E-state index contributed by atoms with van der Waals surface area (Å²) in [6.45, 7) is 1.80. The highest BCUT2D eigenvalue weighted by Crippen LogP contribution is 2.32. The van der Waals surface area contributed by atoms with Gasteiger partial charge in [0.2, 0.25) is 0 Å². The monoisotopic (exact) mass is 310 g/mol. The zero-order chi connectivity index (χ0) is 16.0. The maximum absolute atomic E-state index is 13.5. The van der Waals surface area contributed by atoms with Gasteiger partial charge in [0.25, 0.3) is 0 Å². The van der Waals surface area contributed by atoms with Crippen LogP contribution in [0.15, 0.2) is 42.6 Å². The standard InChI is InChI=1S/C17H12F2N4/c1-9-21-16(10-2-3-15-12(4-10)8-20-23-15)17(22-9)11-5-13(18)7-14(19)6-11/h2-8H,1H3,(H,20,23)(H,21,22). The number of hydrogen-bond acceptors (Lipinski definition) is 2. The average Bonchev–Trinajstić information content (AvgIpc) is 3.11. The fourth-order valence-electron chi connectivity index (χ4n) is 2.70. The van der Waals surface area contributed by atoms with Crippen LogP contribution in [-0.4, -0.2) is 20.2 Å². The Balaban J connectivity index is 1.92. The molecular weight excluding hydrogens is 298 g/mol. The molecule has 2 heterocycles. The van der Waals surface area contributed by atoms with E-state index in [4.69, 9.17) is 0 Å². The molecule has 0 aliphatic rings. The van der Waals surface area contributed by atoms with Crippen LogP contribution in [0.1, 0.15) is 5.82 Å². The summed E-state index contributed by atoms with van der Waals surface area (Å²) in [5.74, 6) is -0.583. The zero-order valence-corrected chi connectivity index (χ0v) is 12.2. The molecule has 0 aliphatic carbocycles. The molecule has 6 heteroatoms. The quantitative estimate of drug-likeness (QED) is 0.583. The van der Waals surface area contributed by atoms with Gasteiger partial charge in [-0.05, 0) is 31.2 Å². The van der Waals surface area contributed by atoms with Gasteiger partial charge < -0.3 is 4.98 Å². The molecule has 0 radical (unpaired) electrons. The molecule has 0 fully saturated rings. The van der Waals surface area contributed by atoms with Crippen molar-refractivity contribution in [3.8, 4) is 22.5 Å². The largest absolute Gasteiger partial charge is 0.342 e. The van der Waals surface area contributed by atoms with Gasteiger partial charge in [-0.3, -0.25) is 5.10 Å². The molecule has 0 aliphatic heterocycles. The van der Waals surface area contributed by atoms with Crippen LogP contribution in [0, 0.1) is 18.6 Å². The van der Waals surface area contributed by atoms with Gasteiger partial charge in [0.15, 0.2) is 0 Å². The van der Waals surface area contributed by atoms with Gasteiger partial charge >= 0.3 is 0 Å². The predicted molar refractivity (Wildman–Crippen MR) is 83.8 cm³/mol. The van der Waals surface area contributed by atoms with Gasteiger partial charge in [-0.15, -0.1) is 0 Å². The number of nitrogens with zero attached hydrogens (tertiary/aromatic N) is 2. The van der Waals surface area contributed by atoms with Gasteiger partial charge in [0.05, 0.1) is 23.1 Å². The van der Waals surface area contributed by atoms with Gasteiger partial charge in [-0.1, -0.05) is 6.07 Å². The number of benzene rings is 2. The molecule has 0 spiro atoms. The second-order valence-corrected chi connectivity index (χ2v) is 5.38. The van der Waals surface area contributed by atoms with Crippen molar-refractivity contribution in [1.82, 2.24) is 20.2 Å². The number of aromatic amines is 2. The molecule has 4 rings (SSSR count). The van der Waals surface area contributed by atoms with E-state index in [0.717, 1.165) is 28.2 Å². The summed E-state index contributed by atoms with van der Waals surface area (Å²) in [6.07, 6.45) is 1.73. The lowest BCUT2D eigenvalue weighted by Gasteiger charge is -2.04. The fourth-order valence-corrected chi connectivity index (χ4v) is 2.70. The van der Waals surface area contributed by atoms with Crippen molar-refractivity contribution in [1.29, 1.82) is 0 Å². The Labute approximate surface area is 130 Å². The number of imidazole rings is 1. The van der Waals surface area contributed by atoms with E-state index in [1.165, 1.54) is 12.1 Å². The third kappa shape index (κ3) is 2.38. The lowest BCUT2D eigenvalue weighted by molar-refractivity contribution is 0.584. The predicted octanol–water partition coefficient (Wildman–Crippen LogP) is 4.21. The number of hydrogen-bond donors (Lipinski definition) is 2. The highest BCUT2D eigenvalue weighted by atomic mass is 19.1. The maximum Gasteiger partial charge on any atom is 0.126 e. The molecule has 114 valence electrons.